The Morgan fingerprint density at radius 1 is 1.04 bits per heavy atom. The van der Waals surface area contributed by atoms with Crippen LogP contribution in [-0.2, 0) is 14.1 Å². The molecule has 1 saturated heterocycles. The SMILES string of the molecule is CC1(C(=O)O)CCCC1C(=O)c1ccc(B2OC(C)(C)C(C)(C)O2)cc1. The molecule has 2 atom stereocenters. The van der Waals surface area contributed by atoms with Gasteiger partial charge in [-0.3, -0.25) is 9.59 Å². The first-order valence-electron chi connectivity index (χ1n) is 9.21. The van der Waals surface area contributed by atoms with Crippen molar-refractivity contribution in [2.75, 3.05) is 0 Å². The lowest BCUT2D eigenvalue weighted by Gasteiger charge is -2.32. The van der Waals surface area contributed by atoms with Crippen molar-refractivity contribution in [3.05, 3.63) is 29.8 Å². The molecule has 1 aliphatic carbocycles. The summed E-state index contributed by atoms with van der Waals surface area (Å²) in [5, 5.41) is 9.54. The van der Waals surface area contributed by atoms with Crippen LogP contribution in [0.2, 0.25) is 0 Å². The van der Waals surface area contributed by atoms with Gasteiger partial charge in [-0.1, -0.05) is 30.7 Å². The molecule has 6 heteroatoms. The normalized spacial score (nSPS) is 29.7. The Morgan fingerprint density at radius 2 is 1.58 bits per heavy atom. The van der Waals surface area contributed by atoms with Crippen molar-refractivity contribution in [2.24, 2.45) is 11.3 Å². The highest BCUT2D eigenvalue weighted by Gasteiger charge is 2.52. The lowest BCUT2D eigenvalue weighted by Crippen LogP contribution is -2.41. The molecule has 2 fully saturated rings. The second-order valence-corrected chi connectivity index (χ2v) is 8.74. The third-order valence-electron chi connectivity index (χ3n) is 6.48. The van der Waals surface area contributed by atoms with Gasteiger partial charge in [0.25, 0.3) is 0 Å². The molecule has 0 aromatic heterocycles. The minimum atomic E-state index is -0.971. The highest BCUT2D eigenvalue weighted by Crippen LogP contribution is 2.45. The Kier molecular flexibility index (Phi) is 4.56. The molecule has 26 heavy (non-hydrogen) atoms. The molecule has 0 amide bonds. The van der Waals surface area contributed by atoms with Crippen molar-refractivity contribution in [1.29, 1.82) is 0 Å². The number of carbonyl (C=O) groups excluding carboxylic acids is 1. The predicted octanol–water partition coefficient (Wildman–Crippen LogP) is 3.06. The Hall–Kier alpha value is -1.66. The second-order valence-electron chi connectivity index (χ2n) is 8.74. The minimum Gasteiger partial charge on any atom is -0.481 e. The Morgan fingerprint density at radius 3 is 2.08 bits per heavy atom. The molecule has 0 spiro atoms. The third kappa shape index (κ3) is 2.99. The van der Waals surface area contributed by atoms with Gasteiger partial charge in [-0.05, 0) is 52.9 Å². The molecule has 140 valence electrons. The molecule has 3 rings (SSSR count). The first-order chi connectivity index (χ1) is 12.0. The topological polar surface area (TPSA) is 72.8 Å². The van der Waals surface area contributed by atoms with Crippen LogP contribution < -0.4 is 5.46 Å². The zero-order valence-electron chi connectivity index (χ0n) is 16.2. The van der Waals surface area contributed by atoms with E-state index in [1.165, 1.54) is 0 Å². The van der Waals surface area contributed by atoms with Gasteiger partial charge in [-0.25, -0.2) is 0 Å². The van der Waals surface area contributed by atoms with Crippen LogP contribution in [0, 0.1) is 11.3 Å². The number of carboxylic acid groups (broad SMARTS) is 1. The van der Waals surface area contributed by atoms with Gasteiger partial charge < -0.3 is 14.4 Å². The molecule has 1 heterocycles. The quantitative estimate of drug-likeness (QED) is 0.662. The van der Waals surface area contributed by atoms with Crippen molar-refractivity contribution in [2.45, 2.75) is 65.1 Å². The molecular formula is C20H27BO5. The third-order valence-corrected chi connectivity index (χ3v) is 6.48. The molecule has 0 radical (unpaired) electrons. The lowest BCUT2D eigenvalue weighted by atomic mass is 9.75. The number of rotatable bonds is 4. The van der Waals surface area contributed by atoms with Crippen molar-refractivity contribution >= 4 is 24.3 Å². The second kappa shape index (κ2) is 6.20. The maximum Gasteiger partial charge on any atom is 0.494 e. The Bertz CT molecular complexity index is 708. The van der Waals surface area contributed by atoms with Crippen LogP contribution in [0.1, 0.15) is 64.2 Å². The monoisotopic (exact) mass is 358 g/mol. The van der Waals surface area contributed by atoms with Gasteiger partial charge in [0, 0.05) is 11.5 Å². The summed E-state index contributed by atoms with van der Waals surface area (Å²) in [6.07, 6.45) is 1.94. The van der Waals surface area contributed by atoms with E-state index < -0.39 is 35.6 Å². The van der Waals surface area contributed by atoms with Crippen LogP contribution >= 0.6 is 0 Å². The summed E-state index contributed by atoms with van der Waals surface area (Å²) in [6, 6.07) is 7.18. The standard InChI is InChI=1S/C20H27BO5/c1-18(2)19(3,4)26-21(25-18)14-10-8-13(9-11-14)16(22)15-7-6-12-20(15,5)17(23)24/h8-11,15H,6-7,12H2,1-5H3,(H,23,24). The molecule has 1 N–H and O–H groups in total. The molecule has 5 nitrogen and oxygen atoms in total. The van der Waals surface area contributed by atoms with Crippen molar-refractivity contribution < 1.29 is 24.0 Å². The first kappa shape index (κ1) is 19.1. The van der Waals surface area contributed by atoms with Gasteiger partial charge in [0.15, 0.2) is 5.78 Å². The van der Waals surface area contributed by atoms with Crippen LogP contribution in [0.4, 0.5) is 0 Å². The average molecular weight is 358 g/mol. The summed E-state index contributed by atoms with van der Waals surface area (Å²) >= 11 is 0. The van der Waals surface area contributed by atoms with Gasteiger partial charge in [-0.2, -0.15) is 0 Å². The fourth-order valence-corrected chi connectivity index (χ4v) is 3.83. The van der Waals surface area contributed by atoms with E-state index in [0.717, 1.165) is 11.9 Å². The van der Waals surface area contributed by atoms with Gasteiger partial charge in [0.05, 0.1) is 16.6 Å². The van der Waals surface area contributed by atoms with Crippen molar-refractivity contribution in [1.82, 2.24) is 0 Å². The van der Waals surface area contributed by atoms with Crippen LogP contribution in [0.3, 0.4) is 0 Å². The summed E-state index contributed by atoms with van der Waals surface area (Å²) in [4.78, 5) is 24.5. The summed E-state index contributed by atoms with van der Waals surface area (Å²) in [5.41, 5.74) is -0.405. The van der Waals surface area contributed by atoms with E-state index in [1.54, 1.807) is 19.1 Å². The number of hydrogen-bond acceptors (Lipinski definition) is 4. The zero-order chi connectivity index (χ0) is 19.3. The van der Waals surface area contributed by atoms with E-state index in [9.17, 15) is 14.7 Å². The lowest BCUT2D eigenvalue weighted by molar-refractivity contribution is -0.149. The van der Waals surface area contributed by atoms with Crippen LogP contribution in [0.5, 0.6) is 0 Å². The van der Waals surface area contributed by atoms with E-state index in [4.69, 9.17) is 9.31 Å². The summed E-state index contributed by atoms with van der Waals surface area (Å²) in [6.45, 7) is 9.68. The molecule has 1 saturated carbocycles. The summed E-state index contributed by atoms with van der Waals surface area (Å²) < 4.78 is 12.1. The zero-order valence-corrected chi connectivity index (χ0v) is 16.2. The number of benzene rings is 1. The van der Waals surface area contributed by atoms with Crippen LogP contribution in [0.25, 0.3) is 0 Å². The molecule has 1 aliphatic heterocycles. The minimum absolute atomic E-state index is 0.0899. The summed E-state index contributed by atoms with van der Waals surface area (Å²) in [5.74, 6) is -1.45. The van der Waals surface area contributed by atoms with Crippen LogP contribution in [-0.4, -0.2) is 35.2 Å². The predicted molar refractivity (Wildman–Crippen MR) is 99.6 cm³/mol. The molecule has 2 aliphatic rings. The Balaban J connectivity index is 1.78. The fraction of sp³-hybridized carbons (Fsp3) is 0.600. The highest BCUT2D eigenvalue weighted by molar-refractivity contribution is 6.62. The molecule has 0 bridgehead atoms. The van der Waals surface area contributed by atoms with Gasteiger partial charge in [-0.15, -0.1) is 0 Å². The van der Waals surface area contributed by atoms with E-state index in [2.05, 4.69) is 0 Å². The maximum absolute atomic E-state index is 12.9. The number of hydrogen-bond donors (Lipinski definition) is 1. The van der Waals surface area contributed by atoms with E-state index in [-0.39, 0.29) is 5.78 Å². The van der Waals surface area contributed by atoms with Gasteiger partial charge in [0.1, 0.15) is 0 Å². The fourth-order valence-electron chi connectivity index (χ4n) is 3.83. The van der Waals surface area contributed by atoms with Crippen molar-refractivity contribution in [3.8, 4) is 0 Å². The number of carboxylic acids is 1. The van der Waals surface area contributed by atoms with E-state index in [0.29, 0.717) is 18.4 Å². The molecular weight excluding hydrogens is 331 g/mol. The Labute approximate surface area is 155 Å². The summed E-state index contributed by atoms with van der Waals surface area (Å²) in [7, 11) is -0.472. The molecule has 2 unspecified atom stereocenters. The van der Waals surface area contributed by atoms with Crippen molar-refractivity contribution in [3.63, 3.8) is 0 Å². The average Bonchev–Trinajstić information content (AvgIpc) is 3.05. The molecule has 1 aromatic rings. The number of Topliss-reactive ketones (excluding diaryl/α,β-unsaturated/α-hetero) is 1. The van der Waals surface area contributed by atoms with Gasteiger partial charge >= 0.3 is 13.1 Å². The largest absolute Gasteiger partial charge is 0.494 e. The van der Waals surface area contributed by atoms with E-state index in [1.807, 2.05) is 39.8 Å². The van der Waals surface area contributed by atoms with Gasteiger partial charge in [0.2, 0.25) is 0 Å². The number of ketones is 1. The first-order valence-corrected chi connectivity index (χ1v) is 9.21. The maximum atomic E-state index is 12.9. The van der Waals surface area contributed by atoms with Crippen LogP contribution in [0.15, 0.2) is 24.3 Å². The number of carbonyl (C=O) groups is 2. The van der Waals surface area contributed by atoms with E-state index >= 15 is 0 Å². The molecule has 1 aromatic carbocycles. The number of aliphatic carboxylic acids is 1. The smallest absolute Gasteiger partial charge is 0.481 e. The highest BCUT2D eigenvalue weighted by atomic mass is 16.7.